The molecule has 0 N–H and O–H groups in total. The third-order valence-electron chi connectivity index (χ3n) is 10.3. The lowest BCUT2D eigenvalue weighted by Crippen LogP contribution is -2.51. The van der Waals surface area contributed by atoms with Crippen LogP contribution in [0.15, 0.2) is 24.3 Å². The average molecular weight is 538 g/mol. The van der Waals surface area contributed by atoms with Gasteiger partial charge in [0.1, 0.15) is 12.4 Å². The minimum absolute atomic E-state index is 0.251. The van der Waals surface area contributed by atoms with E-state index in [0.717, 1.165) is 82.7 Å². The van der Waals surface area contributed by atoms with Crippen LogP contribution in [0.2, 0.25) is 0 Å². The summed E-state index contributed by atoms with van der Waals surface area (Å²) in [5.74, 6) is 2.05. The van der Waals surface area contributed by atoms with E-state index in [0.29, 0.717) is 31.4 Å². The molecule has 216 valence electrons. The molecular formula is C33H51N3O3. The fourth-order valence-electron chi connectivity index (χ4n) is 7.71. The lowest BCUT2D eigenvalue weighted by Gasteiger charge is -2.43. The van der Waals surface area contributed by atoms with Crippen LogP contribution in [0, 0.1) is 11.3 Å². The first-order valence-corrected chi connectivity index (χ1v) is 16.0. The monoisotopic (exact) mass is 537 g/mol. The van der Waals surface area contributed by atoms with Gasteiger partial charge in [-0.25, -0.2) is 0 Å². The van der Waals surface area contributed by atoms with Crippen molar-refractivity contribution in [2.45, 2.75) is 102 Å². The number of hydrogen-bond donors (Lipinski definition) is 0. The summed E-state index contributed by atoms with van der Waals surface area (Å²) in [6, 6.07) is 9.11. The number of piperidine rings is 2. The molecule has 3 aliphatic heterocycles. The maximum absolute atomic E-state index is 13.8. The number of aryl methyl sites for hydroxylation is 1. The highest BCUT2D eigenvalue weighted by Gasteiger charge is 2.43. The molecule has 0 atom stereocenters. The van der Waals surface area contributed by atoms with E-state index in [1.165, 1.54) is 50.8 Å². The van der Waals surface area contributed by atoms with Crippen LogP contribution in [-0.2, 0) is 16.0 Å². The fraction of sp³-hybridized carbons (Fsp3) is 0.758. The minimum Gasteiger partial charge on any atom is -0.491 e. The molecule has 1 aliphatic carbocycles. The molecule has 1 saturated carbocycles. The first-order valence-electron chi connectivity index (χ1n) is 16.0. The van der Waals surface area contributed by atoms with Gasteiger partial charge in [0.2, 0.25) is 11.8 Å². The maximum Gasteiger partial charge on any atom is 0.228 e. The molecule has 2 saturated heterocycles. The van der Waals surface area contributed by atoms with Crippen molar-refractivity contribution in [1.82, 2.24) is 14.7 Å². The second kappa shape index (κ2) is 13.5. The Balaban J connectivity index is 1.12. The number of fused-ring (bicyclic) bond motifs is 1. The molecule has 4 aliphatic rings. The lowest BCUT2D eigenvalue weighted by molar-refractivity contribution is -0.148. The van der Waals surface area contributed by atoms with Crippen LogP contribution in [0.5, 0.6) is 5.75 Å². The number of likely N-dealkylation sites (tertiary alicyclic amines) is 2. The number of likely N-dealkylation sites (N-methyl/N-ethyl adjacent to an activating group) is 1. The number of benzene rings is 1. The zero-order valence-electron chi connectivity index (χ0n) is 24.4. The average Bonchev–Trinajstić information content (AvgIpc) is 2.98. The fourth-order valence-corrected chi connectivity index (χ4v) is 7.71. The van der Waals surface area contributed by atoms with E-state index in [1.54, 1.807) is 0 Å². The van der Waals surface area contributed by atoms with E-state index in [1.807, 2.05) is 24.1 Å². The summed E-state index contributed by atoms with van der Waals surface area (Å²) in [5.41, 5.74) is 0.935. The Morgan fingerprint density at radius 1 is 0.872 bits per heavy atom. The zero-order chi connectivity index (χ0) is 27.1. The lowest BCUT2D eigenvalue weighted by atomic mass is 9.73. The second-order valence-electron chi connectivity index (χ2n) is 12.9. The molecule has 0 bridgehead atoms. The molecule has 3 heterocycles. The number of ether oxygens (including phenoxy) is 1. The summed E-state index contributed by atoms with van der Waals surface area (Å²) < 4.78 is 6.11. The Labute approximate surface area is 236 Å². The number of nitrogens with zero attached hydrogens (tertiary/aromatic N) is 3. The van der Waals surface area contributed by atoms with Crippen LogP contribution in [0.3, 0.4) is 0 Å². The number of carbonyl (C=O) groups excluding carboxylic acids is 2. The van der Waals surface area contributed by atoms with Gasteiger partial charge < -0.3 is 19.4 Å². The van der Waals surface area contributed by atoms with Crippen molar-refractivity contribution in [3.63, 3.8) is 0 Å². The second-order valence-corrected chi connectivity index (χ2v) is 12.9. The van der Waals surface area contributed by atoms with Crippen molar-refractivity contribution in [2.24, 2.45) is 11.3 Å². The van der Waals surface area contributed by atoms with Crippen LogP contribution in [-0.4, -0.2) is 78.9 Å². The van der Waals surface area contributed by atoms with Crippen molar-refractivity contribution in [1.29, 1.82) is 0 Å². The van der Waals surface area contributed by atoms with Gasteiger partial charge in [-0.05, 0) is 88.4 Å². The first kappa shape index (κ1) is 28.4. The predicted molar refractivity (Wildman–Crippen MR) is 156 cm³/mol. The molecule has 1 aromatic carbocycles. The Hall–Kier alpha value is -2.08. The third kappa shape index (κ3) is 7.17. The summed E-state index contributed by atoms with van der Waals surface area (Å²) in [6.07, 6.45) is 16.8. The Kier molecular flexibility index (Phi) is 9.86. The molecular weight excluding hydrogens is 486 g/mol. The quantitative estimate of drug-likeness (QED) is 0.498. The van der Waals surface area contributed by atoms with Crippen molar-refractivity contribution in [3.8, 4) is 5.75 Å². The van der Waals surface area contributed by atoms with Gasteiger partial charge in [0, 0.05) is 32.6 Å². The summed E-state index contributed by atoms with van der Waals surface area (Å²) in [4.78, 5) is 33.8. The van der Waals surface area contributed by atoms with Crippen molar-refractivity contribution < 1.29 is 14.3 Å². The van der Waals surface area contributed by atoms with Crippen molar-refractivity contribution >= 4 is 11.8 Å². The molecule has 2 amide bonds. The molecule has 1 spiro atoms. The van der Waals surface area contributed by atoms with Gasteiger partial charge in [0.25, 0.3) is 0 Å². The molecule has 0 aromatic heterocycles. The predicted octanol–water partition coefficient (Wildman–Crippen LogP) is 5.68. The molecule has 1 aromatic rings. The highest BCUT2D eigenvalue weighted by Crippen LogP contribution is 2.39. The van der Waals surface area contributed by atoms with Crippen LogP contribution >= 0.6 is 0 Å². The van der Waals surface area contributed by atoms with Crippen molar-refractivity contribution in [2.75, 3.05) is 46.4 Å². The number of hydrogen-bond acceptors (Lipinski definition) is 4. The maximum atomic E-state index is 13.8. The molecule has 6 nitrogen and oxygen atoms in total. The van der Waals surface area contributed by atoms with Crippen LogP contribution in [0.4, 0.5) is 0 Å². The number of carbonyl (C=O) groups is 2. The van der Waals surface area contributed by atoms with Crippen LogP contribution in [0.25, 0.3) is 0 Å². The van der Waals surface area contributed by atoms with Crippen LogP contribution in [0.1, 0.15) is 95.5 Å². The van der Waals surface area contributed by atoms with Crippen LogP contribution < -0.4 is 4.74 Å². The van der Waals surface area contributed by atoms with Gasteiger partial charge in [0.15, 0.2) is 0 Å². The van der Waals surface area contributed by atoms with E-state index < -0.39 is 0 Å². The summed E-state index contributed by atoms with van der Waals surface area (Å²) in [5, 5.41) is 0. The largest absolute Gasteiger partial charge is 0.491 e. The van der Waals surface area contributed by atoms with E-state index in [2.05, 4.69) is 21.9 Å². The summed E-state index contributed by atoms with van der Waals surface area (Å²) in [6.45, 7) is 4.89. The molecule has 0 unspecified atom stereocenters. The smallest absolute Gasteiger partial charge is 0.228 e. The number of amides is 2. The topological polar surface area (TPSA) is 53.1 Å². The molecule has 39 heavy (non-hydrogen) atoms. The van der Waals surface area contributed by atoms with Crippen molar-refractivity contribution in [3.05, 3.63) is 29.8 Å². The molecule has 3 fully saturated rings. The van der Waals surface area contributed by atoms with Gasteiger partial charge >= 0.3 is 0 Å². The van der Waals surface area contributed by atoms with Gasteiger partial charge in [-0.1, -0.05) is 50.3 Å². The minimum atomic E-state index is -0.336. The normalized spacial score (nSPS) is 24.8. The first-order chi connectivity index (χ1) is 19.0. The zero-order valence-corrected chi connectivity index (χ0v) is 24.4. The van der Waals surface area contributed by atoms with Gasteiger partial charge in [-0.2, -0.15) is 0 Å². The number of rotatable bonds is 3. The SMILES string of the molecule is CN1CCOc2ccccc2CCCCCC2(CCN(C(=O)CC3CCN(C4CCCCC4)CC3)CC2)C1=O. The Morgan fingerprint density at radius 2 is 1.59 bits per heavy atom. The highest BCUT2D eigenvalue weighted by molar-refractivity contribution is 5.83. The van der Waals surface area contributed by atoms with Gasteiger partial charge in [-0.15, -0.1) is 0 Å². The Morgan fingerprint density at radius 3 is 2.36 bits per heavy atom. The third-order valence-corrected chi connectivity index (χ3v) is 10.3. The van der Waals surface area contributed by atoms with E-state index >= 15 is 0 Å². The highest BCUT2D eigenvalue weighted by atomic mass is 16.5. The standard InChI is InChI=1S/C33H51N3O3/c1-34-24-25-39-30-14-8-7-11-28(30)10-4-3-9-17-33(32(34)38)18-22-36(23-19-33)31(37)26-27-15-20-35(21-16-27)29-12-5-2-6-13-29/h7-8,11,14,27,29H,2-6,9-10,12-13,15-26H2,1H3. The molecule has 0 radical (unpaired) electrons. The Bertz CT molecular complexity index is 943. The summed E-state index contributed by atoms with van der Waals surface area (Å²) in [7, 11) is 1.93. The summed E-state index contributed by atoms with van der Waals surface area (Å²) >= 11 is 0. The van der Waals surface area contributed by atoms with Gasteiger partial charge in [-0.3, -0.25) is 9.59 Å². The van der Waals surface area contributed by atoms with E-state index in [4.69, 9.17) is 4.74 Å². The number of para-hydroxylation sites is 1. The van der Waals surface area contributed by atoms with E-state index in [-0.39, 0.29) is 11.3 Å². The van der Waals surface area contributed by atoms with Gasteiger partial charge in [0.05, 0.1) is 12.0 Å². The molecule has 5 rings (SSSR count). The van der Waals surface area contributed by atoms with E-state index in [9.17, 15) is 9.59 Å². The molecule has 6 heteroatoms.